The maximum Gasteiger partial charge on any atom is 0.322 e. The Kier molecular flexibility index (Phi) is 20.0. The summed E-state index contributed by atoms with van der Waals surface area (Å²) in [7, 11) is 1.41. The van der Waals surface area contributed by atoms with Crippen molar-refractivity contribution in [2.45, 2.75) is 6.04 Å². The lowest BCUT2D eigenvalue weighted by atomic mass is 10.3. The van der Waals surface area contributed by atoms with E-state index in [0.717, 1.165) is 0 Å². The van der Waals surface area contributed by atoms with Crippen molar-refractivity contribution in [1.29, 1.82) is 0 Å². The molecule has 2 amide bonds. The number of primary amides is 2. The van der Waals surface area contributed by atoms with Crippen molar-refractivity contribution in [3.63, 3.8) is 0 Å². The predicted octanol–water partition coefficient (Wildman–Crippen LogP) is -4.66. The lowest BCUT2D eigenvalue weighted by molar-refractivity contribution is -0.140. The SMILES string of the molecule is COC[C@H](N)C(=O)O.NC(=O)CNCC(=O)O.NC(=O)CNCC(=O)O. The van der Waals surface area contributed by atoms with E-state index >= 15 is 0 Å². The summed E-state index contributed by atoms with van der Waals surface area (Å²) < 4.78 is 4.46. The number of aliphatic carboxylic acids is 3. The van der Waals surface area contributed by atoms with Crippen molar-refractivity contribution in [2.75, 3.05) is 39.9 Å². The molecule has 0 spiro atoms. The van der Waals surface area contributed by atoms with Gasteiger partial charge in [0.25, 0.3) is 0 Å². The molecule has 0 radical (unpaired) electrons. The van der Waals surface area contributed by atoms with E-state index in [1.54, 1.807) is 0 Å². The normalized spacial score (nSPS) is 10.2. The second-order valence-corrected chi connectivity index (χ2v) is 4.33. The number of amides is 2. The Balaban J connectivity index is -0.000000306. The molecule has 11 N–H and O–H groups in total. The first kappa shape index (κ1) is 28.0. The molecule has 0 aromatic rings. The molecule has 0 fully saturated rings. The third-order valence-corrected chi connectivity index (χ3v) is 1.81. The quantitative estimate of drug-likeness (QED) is 0.167. The Morgan fingerprint density at radius 1 is 0.846 bits per heavy atom. The average molecular weight is 383 g/mol. The summed E-state index contributed by atoms with van der Waals surface area (Å²) in [5.74, 6) is -4.16. The lowest BCUT2D eigenvalue weighted by Gasteiger charge is -2.01. The minimum absolute atomic E-state index is 0.0648. The Morgan fingerprint density at radius 2 is 1.19 bits per heavy atom. The molecular weight excluding hydrogens is 358 g/mol. The van der Waals surface area contributed by atoms with Crippen LogP contribution in [0.25, 0.3) is 0 Å². The number of nitrogens with one attached hydrogen (secondary N) is 2. The van der Waals surface area contributed by atoms with E-state index in [9.17, 15) is 24.0 Å². The number of hydrogen-bond acceptors (Lipinski definition) is 9. The zero-order valence-electron chi connectivity index (χ0n) is 14.1. The molecule has 26 heavy (non-hydrogen) atoms. The summed E-state index contributed by atoms with van der Waals surface area (Å²) in [5.41, 5.74) is 14.4. The van der Waals surface area contributed by atoms with Crippen LogP contribution in [0.15, 0.2) is 0 Å². The highest BCUT2D eigenvalue weighted by Gasteiger charge is 2.08. The fraction of sp³-hybridized carbons (Fsp3) is 0.583. The summed E-state index contributed by atoms with van der Waals surface area (Å²) >= 11 is 0. The smallest absolute Gasteiger partial charge is 0.322 e. The molecule has 0 rings (SSSR count). The first-order valence-electron chi connectivity index (χ1n) is 6.82. The molecule has 0 aliphatic heterocycles. The van der Waals surface area contributed by atoms with Crippen molar-refractivity contribution >= 4 is 29.7 Å². The van der Waals surface area contributed by atoms with Crippen LogP contribution in [0.1, 0.15) is 0 Å². The topological polar surface area (TPSA) is 257 Å². The molecule has 0 saturated heterocycles. The summed E-state index contributed by atoms with van der Waals surface area (Å²) in [4.78, 5) is 49.3. The number of ether oxygens (including phenoxy) is 1. The van der Waals surface area contributed by atoms with Crippen molar-refractivity contribution < 1.29 is 44.0 Å². The van der Waals surface area contributed by atoms with Crippen LogP contribution in [-0.2, 0) is 28.7 Å². The third-order valence-electron chi connectivity index (χ3n) is 1.81. The summed E-state index contributed by atoms with van der Waals surface area (Å²) in [5, 5.41) is 28.8. The van der Waals surface area contributed by atoms with E-state index in [-0.39, 0.29) is 32.8 Å². The Labute approximate surface area is 148 Å². The van der Waals surface area contributed by atoms with E-state index in [0.29, 0.717) is 0 Å². The number of carboxylic acid groups (broad SMARTS) is 3. The van der Waals surface area contributed by atoms with Crippen molar-refractivity contribution in [3.8, 4) is 0 Å². The standard InChI is InChI=1S/2C4H8N2O3.C4H9NO3/c2*5-3(7)1-6-2-4(8)9;1-8-2-3(5)4(6)7/h2*6H,1-2H2,(H2,5,7)(H,8,9);3H,2,5H2,1H3,(H,6,7)/t;;3-/m..0/s1. The molecule has 0 heterocycles. The van der Waals surface area contributed by atoms with Gasteiger partial charge < -0.3 is 37.3 Å². The van der Waals surface area contributed by atoms with Gasteiger partial charge in [-0.2, -0.15) is 0 Å². The first-order chi connectivity index (χ1) is 11.9. The van der Waals surface area contributed by atoms with Gasteiger partial charge in [-0.1, -0.05) is 0 Å². The number of carbonyl (C=O) groups excluding carboxylic acids is 2. The molecule has 152 valence electrons. The van der Waals surface area contributed by atoms with Crippen LogP contribution in [-0.4, -0.2) is 91.0 Å². The Hall–Kier alpha value is -2.81. The van der Waals surface area contributed by atoms with E-state index in [2.05, 4.69) is 26.8 Å². The second kappa shape index (κ2) is 18.5. The van der Waals surface area contributed by atoms with Gasteiger partial charge in [0.2, 0.25) is 11.8 Å². The Morgan fingerprint density at radius 3 is 1.35 bits per heavy atom. The van der Waals surface area contributed by atoms with Gasteiger partial charge in [0, 0.05) is 7.11 Å². The minimum atomic E-state index is -1.04. The zero-order chi connectivity index (χ0) is 21.1. The summed E-state index contributed by atoms with van der Waals surface area (Å²) in [6.07, 6.45) is 0. The monoisotopic (exact) mass is 383 g/mol. The molecule has 0 saturated carbocycles. The number of rotatable bonds is 11. The van der Waals surface area contributed by atoms with Gasteiger partial charge in [-0.3, -0.25) is 34.6 Å². The van der Waals surface area contributed by atoms with Gasteiger partial charge in [-0.15, -0.1) is 0 Å². The molecule has 0 aromatic carbocycles. The van der Waals surface area contributed by atoms with Gasteiger partial charge in [-0.05, 0) is 0 Å². The van der Waals surface area contributed by atoms with Crippen LogP contribution in [0.2, 0.25) is 0 Å². The highest BCUT2D eigenvalue weighted by Crippen LogP contribution is 1.76. The highest BCUT2D eigenvalue weighted by atomic mass is 16.5. The van der Waals surface area contributed by atoms with Crippen molar-refractivity contribution in [2.24, 2.45) is 17.2 Å². The molecular formula is C12H25N5O9. The van der Waals surface area contributed by atoms with E-state index in [1.165, 1.54) is 7.11 Å². The number of carboxylic acids is 3. The fourth-order valence-electron chi connectivity index (χ4n) is 0.836. The largest absolute Gasteiger partial charge is 0.480 e. The van der Waals surface area contributed by atoms with Gasteiger partial charge in [0.05, 0.1) is 32.8 Å². The molecule has 0 bridgehead atoms. The number of nitrogens with two attached hydrogens (primary N) is 3. The van der Waals surface area contributed by atoms with Crippen LogP contribution in [0.5, 0.6) is 0 Å². The number of hydrogen-bond donors (Lipinski definition) is 8. The average Bonchev–Trinajstić information content (AvgIpc) is 2.47. The van der Waals surface area contributed by atoms with Gasteiger partial charge >= 0.3 is 17.9 Å². The van der Waals surface area contributed by atoms with E-state index in [4.69, 9.17) is 21.1 Å². The van der Waals surface area contributed by atoms with Crippen LogP contribution < -0.4 is 27.8 Å². The summed E-state index contributed by atoms with van der Waals surface area (Å²) in [6, 6.07) is -0.889. The van der Waals surface area contributed by atoms with Gasteiger partial charge in [0.15, 0.2) is 0 Å². The van der Waals surface area contributed by atoms with Crippen molar-refractivity contribution in [3.05, 3.63) is 0 Å². The molecule has 0 unspecified atom stereocenters. The maximum absolute atomic E-state index is 9.95. The molecule has 0 aliphatic carbocycles. The van der Waals surface area contributed by atoms with Crippen LogP contribution in [0, 0.1) is 0 Å². The molecule has 1 atom stereocenters. The maximum atomic E-state index is 9.95. The van der Waals surface area contributed by atoms with Crippen molar-refractivity contribution in [1.82, 2.24) is 10.6 Å². The van der Waals surface area contributed by atoms with E-state index in [1.807, 2.05) is 0 Å². The highest BCUT2D eigenvalue weighted by molar-refractivity contribution is 5.77. The fourth-order valence-corrected chi connectivity index (χ4v) is 0.836. The van der Waals surface area contributed by atoms with Crippen LogP contribution >= 0.6 is 0 Å². The van der Waals surface area contributed by atoms with E-state index < -0.39 is 35.8 Å². The second-order valence-electron chi connectivity index (χ2n) is 4.33. The number of methoxy groups -OCH3 is 1. The summed E-state index contributed by atoms with van der Waals surface area (Å²) in [6.45, 7) is -0.584. The zero-order valence-corrected chi connectivity index (χ0v) is 14.1. The minimum Gasteiger partial charge on any atom is -0.480 e. The molecule has 0 aliphatic rings. The lowest BCUT2D eigenvalue weighted by Crippen LogP contribution is -2.34. The van der Waals surface area contributed by atoms with Gasteiger partial charge in [0.1, 0.15) is 6.04 Å². The Bertz CT molecular complexity index is 400. The number of carbonyl (C=O) groups is 5. The first-order valence-corrected chi connectivity index (χ1v) is 6.82. The van der Waals surface area contributed by atoms with Crippen LogP contribution in [0.4, 0.5) is 0 Å². The molecule has 14 heteroatoms. The molecule has 0 aromatic heterocycles. The predicted molar refractivity (Wildman–Crippen MR) is 86.9 cm³/mol. The third kappa shape index (κ3) is 33.0. The molecule has 14 nitrogen and oxygen atoms in total. The van der Waals surface area contributed by atoms with Gasteiger partial charge in [-0.25, -0.2) is 0 Å². The van der Waals surface area contributed by atoms with Crippen LogP contribution in [0.3, 0.4) is 0 Å².